The minimum absolute atomic E-state index is 0.418. The van der Waals surface area contributed by atoms with Gasteiger partial charge in [-0.15, -0.1) is 0 Å². The Labute approximate surface area is 448 Å². The summed E-state index contributed by atoms with van der Waals surface area (Å²) < 4.78 is 15.7. The lowest BCUT2D eigenvalue weighted by Crippen LogP contribution is -2.51. The third-order valence-electron chi connectivity index (χ3n) is 24.9. The summed E-state index contributed by atoms with van der Waals surface area (Å²) in [6, 6.07) is 0. The topological polar surface area (TPSA) is 18.5 Å². The molecule has 6 fully saturated rings. The maximum absolute atomic E-state index is 6.79. The predicted octanol–water partition coefficient (Wildman–Crippen LogP) is 17.6. The Kier molecular flexibility index (Phi) is 19.0. The Hall–Kier alpha value is -0.680. The lowest BCUT2D eigenvalue weighted by Gasteiger charge is -2.58. The van der Waals surface area contributed by atoms with Gasteiger partial charge >= 0.3 is 0 Å². The Morgan fingerprint density at radius 2 is 0.861 bits per heavy atom. The quantitative estimate of drug-likeness (QED) is 0.0515. The van der Waals surface area contributed by atoms with Crippen molar-refractivity contribution in [3.8, 4) is 0 Å². The molecule has 0 aromatic carbocycles. The van der Waals surface area contributed by atoms with Crippen molar-refractivity contribution >= 4 is 0 Å². The van der Waals surface area contributed by atoms with Crippen LogP contribution < -0.4 is 0 Å². The van der Waals surface area contributed by atoms with Crippen molar-refractivity contribution in [1.29, 1.82) is 0 Å². The van der Waals surface area contributed by atoms with Gasteiger partial charge < -0.3 is 18.4 Å². The van der Waals surface area contributed by atoms with Crippen LogP contribution in [-0.4, -0.2) is 88.8 Å². The molecule has 0 amide bonds. The van der Waals surface area contributed by atoms with Gasteiger partial charge in [0.05, 0.1) is 66.7 Å². The number of unbranched alkanes of at least 4 members (excludes halogenated alkanes) is 3. The second-order valence-corrected chi connectivity index (χ2v) is 31.2. The average Bonchev–Trinajstić information content (AvgIpc) is 3.87. The van der Waals surface area contributed by atoms with Crippen molar-refractivity contribution in [3.05, 3.63) is 23.3 Å². The van der Waals surface area contributed by atoms with E-state index in [2.05, 4.69) is 110 Å². The predicted molar refractivity (Wildman–Crippen MR) is 308 cm³/mol. The van der Waals surface area contributed by atoms with E-state index in [-0.39, 0.29) is 0 Å². The van der Waals surface area contributed by atoms with Gasteiger partial charge in [0.2, 0.25) is 0 Å². The van der Waals surface area contributed by atoms with Crippen LogP contribution in [0.25, 0.3) is 0 Å². The van der Waals surface area contributed by atoms with E-state index in [4.69, 9.17) is 9.47 Å². The number of hydrogen-bond donors (Lipinski definition) is 0. The van der Waals surface area contributed by atoms with E-state index in [1.54, 1.807) is 11.1 Å². The number of hydrogen-bond acceptors (Lipinski definition) is 2. The molecule has 0 N–H and O–H groups in total. The first-order valence-electron chi connectivity index (χ1n) is 32.3. The summed E-state index contributed by atoms with van der Waals surface area (Å²) in [5.74, 6) is 10.9. The highest BCUT2D eigenvalue weighted by Crippen LogP contribution is 2.69. The molecule has 0 aromatic rings. The summed E-state index contributed by atoms with van der Waals surface area (Å²) in [5, 5.41) is 0. The zero-order chi connectivity index (χ0) is 51.7. The third kappa shape index (κ3) is 12.6. The fourth-order valence-electron chi connectivity index (χ4n) is 20.2. The van der Waals surface area contributed by atoms with Crippen LogP contribution in [0.1, 0.15) is 236 Å². The van der Waals surface area contributed by atoms with Crippen LogP contribution in [0.4, 0.5) is 0 Å². The molecule has 4 heteroatoms. The Bertz CT molecular complexity index is 1670. The van der Waals surface area contributed by atoms with Gasteiger partial charge in [0.1, 0.15) is 13.1 Å². The molecule has 6 saturated carbocycles. The van der Waals surface area contributed by atoms with Gasteiger partial charge in [-0.3, -0.25) is 0 Å². The number of rotatable bonds is 25. The molecule has 0 heterocycles. The average molecular weight is 1000 g/mol. The maximum atomic E-state index is 6.79. The Balaban J connectivity index is 0.687. The van der Waals surface area contributed by atoms with Crippen molar-refractivity contribution in [2.45, 2.75) is 248 Å². The second-order valence-electron chi connectivity index (χ2n) is 31.2. The highest BCUT2D eigenvalue weighted by molar-refractivity contribution is 5.27. The number of quaternary nitrogens is 2. The molecule has 0 bridgehead atoms. The molecule has 72 heavy (non-hydrogen) atoms. The van der Waals surface area contributed by atoms with Gasteiger partial charge in [0, 0.05) is 0 Å². The molecule has 0 unspecified atom stereocenters. The van der Waals surface area contributed by atoms with E-state index < -0.39 is 0 Å². The lowest BCUT2D eigenvalue weighted by atomic mass is 9.47. The molecule has 0 radical (unpaired) electrons. The molecular weight excluding hydrogens is 877 g/mol. The fraction of sp³-hybridized carbons (Fsp3) is 0.941. The number of nitrogens with zero attached hydrogens (tertiary/aromatic N) is 2. The molecule has 16 atom stereocenters. The first-order chi connectivity index (χ1) is 34.1. The summed E-state index contributed by atoms with van der Waals surface area (Å²) in [6.45, 7) is 32.4. The molecule has 0 spiro atoms. The van der Waals surface area contributed by atoms with Gasteiger partial charge in [0.15, 0.2) is 0 Å². The standard InChI is InChI=1S/C68H122N2O2/c1-49(2)21-19-23-51(5)59-29-31-61-57-27-25-53-47-55(33-37-65(53,7)63(57)35-39-67(59,61)9)71-45-43-69(11,12)41-17-15-16-18-42-70(13,14)44-46-72-56-34-38-66(8)54(48-56)26-28-58-62-32-30-60(52(6)24-20-22-50(3)4)68(62,10)40-36-64(58)66/h25-26,49-52,55-64H,15-24,27-48H2,1-14H3/q+2/t51-,52-,55+,56+,57+,58+,59-,60-,61+,62+,63+,64+,65+,66+,67-,68-/m1/s1. The molecule has 0 aromatic heterocycles. The van der Waals surface area contributed by atoms with E-state index in [0.29, 0.717) is 33.9 Å². The first kappa shape index (κ1) is 57.5. The Morgan fingerprint density at radius 1 is 0.458 bits per heavy atom. The summed E-state index contributed by atoms with van der Waals surface area (Å²) in [5.41, 5.74) is 5.57. The van der Waals surface area contributed by atoms with Crippen LogP contribution in [0.15, 0.2) is 23.3 Å². The van der Waals surface area contributed by atoms with Gasteiger partial charge in [-0.25, -0.2) is 0 Å². The molecule has 4 nitrogen and oxygen atoms in total. The summed E-state index contributed by atoms with van der Waals surface area (Å²) in [4.78, 5) is 0. The molecule has 0 aliphatic heterocycles. The smallest absolute Gasteiger partial charge is 0.102 e. The van der Waals surface area contributed by atoms with Crippen molar-refractivity contribution in [1.82, 2.24) is 0 Å². The van der Waals surface area contributed by atoms with Gasteiger partial charge in [-0.05, 0) is 221 Å². The molecule has 0 saturated heterocycles. The number of likely N-dealkylation sites (N-methyl/N-ethyl adjacent to an activating group) is 2. The van der Waals surface area contributed by atoms with Crippen molar-refractivity contribution < 1.29 is 18.4 Å². The largest absolute Gasteiger partial charge is 0.372 e. The summed E-state index contributed by atoms with van der Waals surface area (Å²) in [7, 11) is 9.79. The highest BCUT2D eigenvalue weighted by atomic mass is 16.5. The Morgan fingerprint density at radius 3 is 1.25 bits per heavy atom. The van der Waals surface area contributed by atoms with E-state index in [0.717, 1.165) is 106 Å². The first-order valence-corrected chi connectivity index (χ1v) is 32.3. The van der Waals surface area contributed by atoms with E-state index in [1.807, 2.05) is 0 Å². The minimum Gasteiger partial charge on any atom is -0.372 e. The second kappa shape index (κ2) is 23.7. The third-order valence-corrected chi connectivity index (χ3v) is 24.9. The normalized spacial score (nSPS) is 39.6. The van der Waals surface area contributed by atoms with Crippen LogP contribution in [0, 0.1) is 92.7 Å². The van der Waals surface area contributed by atoms with Crippen LogP contribution in [0.2, 0.25) is 0 Å². The van der Waals surface area contributed by atoms with E-state index in [1.165, 1.54) is 180 Å². The number of fused-ring (bicyclic) bond motifs is 10. The summed E-state index contributed by atoms with van der Waals surface area (Å²) >= 11 is 0. The molecule has 8 rings (SSSR count). The minimum atomic E-state index is 0.418. The zero-order valence-corrected chi connectivity index (χ0v) is 50.6. The molecule has 8 aliphatic carbocycles. The van der Waals surface area contributed by atoms with Gasteiger partial charge in [-0.1, -0.05) is 131 Å². The van der Waals surface area contributed by atoms with Crippen LogP contribution in [-0.2, 0) is 9.47 Å². The SMILES string of the molecule is CC(C)CCC[C@@H](C)[C@H]1CC[C@H]2[C@@H]3CC=C4C[C@@H](OCC[N+](C)(C)CCCCCC[N+](C)(C)CCO[C@H]5CC[C@@]6(C)C(=CC[C@H]7[C@@H]8CC[C@H]([C@H](C)CCCC(C)C)[C@@]8(C)CC[C@@H]76)C5)CC[C@]4(C)[C@H]3CC[C@]12C. The molecular formula is C68H122N2O2+2. The van der Waals surface area contributed by atoms with E-state index >= 15 is 0 Å². The highest BCUT2D eigenvalue weighted by Gasteiger charge is 2.61. The van der Waals surface area contributed by atoms with Crippen molar-refractivity contribution in [2.75, 3.05) is 67.6 Å². The van der Waals surface area contributed by atoms with Crippen molar-refractivity contribution in [3.63, 3.8) is 0 Å². The van der Waals surface area contributed by atoms with Crippen molar-refractivity contribution in [2.24, 2.45) is 92.7 Å². The maximum Gasteiger partial charge on any atom is 0.102 e. The summed E-state index contributed by atoms with van der Waals surface area (Å²) in [6.07, 6.45) is 42.6. The zero-order valence-electron chi connectivity index (χ0n) is 50.6. The van der Waals surface area contributed by atoms with Crippen LogP contribution in [0.5, 0.6) is 0 Å². The van der Waals surface area contributed by atoms with E-state index in [9.17, 15) is 0 Å². The monoisotopic (exact) mass is 999 g/mol. The number of allylic oxidation sites excluding steroid dienone is 2. The number of ether oxygens (including phenoxy) is 2. The van der Waals surface area contributed by atoms with Gasteiger partial charge in [-0.2, -0.15) is 0 Å². The molecule has 414 valence electrons. The van der Waals surface area contributed by atoms with Crippen LogP contribution >= 0.6 is 0 Å². The van der Waals surface area contributed by atoms with Gasteiger partial charge in [0.25, 0.3) is 0 Å². The lowest BCUT2D eigenvalue weighted by molar-refractivity contribution is -0.891. The molecule has 8 aliphatic rings. The van der Waals surface area contributed by atoms with Crippen LogP contribution in [0.3, 0.4) is 0 Å². The fourth-order valence-corrected chi connectivity index (χ4v) is 20.2.